The van der Waals surface area contributed by atoms with Crippen LogP contribution in [-0.4, -0.2) is 50.1 Å². The topological polar surface area (TPSA) is 105 Å². The molecule has 1 aliphatic rings. The molecule has 4 rings (SSSR count). The first kappa shape index (κ1) is 21.7. The van der Waals surface area contributed by atoms with Gasteiger partial charge in [-0.05, 0) is 29.5 Å². The van der Waals surface area contributed by atoms with Gasteiger partial charge in [0.25, 0.3) is 5.91 Å². The first-order valence-electron chi connectivity index (χ1n) is 10.6. The lowest BCUT2D eigenvalue weighted by Crippen LogP contribution is -2.37. The molecule has 0 radical (unpaired) electrons. The van der Waals surface area contributed by atoms with Crippen molar-refractivity contribution in [2.75, 3.05) is 19.3 Å². The van der Waals surface area contributed by atoms with Gasteiger partial charge in [-0.1, -0.05) is 44.7 Å². The normalized spacial score (nSPS) is 18.7. The summed E-state index contributed by atoms with van der Waals surface area (Å²) in [6, 6.07) is 7.39. The first-order chi connectivity index (χ1) is 15.1. The average Bonchev–Trinajstić information content (AvgIpc) is 3.01. The van der Waals surface area contributed by atoms with Gasteiger partial charge in [-0.25, -0.2) is 15.0 Å². The van der Waals surface area contributed by atoms with Crippen molar-refractivity contribution in [3.05, 3.63) is 47.8 Å². The number of benzene rings is 1. The second-order valence-electron chi connectivity index (χ2n) is 9.53. The molecular formula is C25H27N5O2. The Morgan fingerprint density at radius 1 is 1.25 bits per heavy atom. The van der Waals surface area contributed by atoms with E-state index in [1.165, 1.54) is 4.90 Å². The van der Waals surface area contributed by atoms with E-state index in [1.54, 1.807) is 19.4 Å². The molecule has 1 aromatic carbocycles. The second-order valence-corrected chi connectivity index (χ2v) is 9.53. The summed E-state index contributed by atoms with van der Waals surface area (Å²) >= 11 is 0. The summed E-state index contributed by atoms with van der Waals surface area (Å²) in [7, 11) is 1.66. The third-order valence-electron chi connectivity index (χ3n) is 5.50. The summed E-state index contributed by atoms with van der Waals surface area (Å²) in [6.07, 6.45) is 4.73. The number of aromatic nitrogens is 3. The number of likely N-dealkylation sites (N-methyl/N-ethyl adjacent to an activating group) is 1. The number of rotatable bonds is 2. The van der Waals surface area contributed by atoms with Crippen molar-refractivity contribution in [2.24, 2.45) is 5.41 Å². The van der Waals surface area contributed by atoms with Gasteiger partial charge in [0.15, 0.2) is 5.82 Å². The molecule has 7 heteroatoms. The Hall–Kier alpha value is -3.50. The van der Waals surface area contributed by atoms with Crippen molar-refractivity contribution in [3.8, 4) is 23.2 Å². The van der Waals surface area contributed by atoms with E-state index in [1.807, 2.05) is 24.3 Å². The molecule has 164 valence electrons. The largest absolute Gasteiger partial charge is 0.382 e. The maximum atomic E-state index is 12.1. The minimum Gasteiger partial charge on any atom is -0.382 e. The number of nitrogens with two attached hydrogens (primary N) is 1. The maximum absolute atomic E-state index is 12.1. The molecule has 1 amide bonds. The third kappa shape index (κ3) is 4.27. The van der Waals surface area contributed by atoms with Gasteiger partial charge in [-0.15, -0.1) is 0 Å². The van der Waals surface area contributed by atoms with Crippen LogP contribution in [0.1, 0.15) is 38.3 Å². The van der Waals surface area contributed by atoms with E-state index >= 15 is 0 Å². The molecule has 7 nitrogen and oxygen atoms in total. The summed E-state index contributed by atoms with van der Waals surface area (Å²) in [5.41, 5.74) is 7.71. The van der Waals surface area contributed by atoms with Crippen LogP contribution < -0.4 is 5.73 Å². The Labute approximate surface area is 187 Å². The lowest BCUT2D eigenvalue weighted by molar-refractivity contribution is -0.137. The van der Waals surface area contributed by atoms with Gasteiger partial charge in [-0.3, -0.25) is 4.79 Å². The van der Waals surface area contributed by atoms with E-state index in [4.69, 9.17) is 10.7 Å². The molecule has 3 N–H and O–H groups in total. The Balaban J connectivity index is 1.69. The molecule has 2 aromatic heterocycles. The summed E-state index contributed by atoms with van der Waals surface area (Å²) in [5, 5.41) is 11.4. The zero-order chi connectivity index (χ0) is 23.1. The van der Waals surface area contributed by atoms with E-state index < -0.39 is 5.60 Å². The number of likely N-dealkylation sites (tertiary alicyclic amines) is 1. The van der Waals surface area contributed by atoms with Gasteiger partial charge in [0.05, 0.1) is 0 Å². The quantitative estimate of drug-likeness (QED) is 0.607. The molecule has 32 heavy (non-hydrogen) atoms. The molecule has 1 saturated heterocycles. The number of carbonyl (C=O) groups excluding carboxylic acids is 1. The van der Waals surface area contributed by atoms with Crippen LogP contribution in [0.2, 0.25) is 0 Å². The minimum absolute atomic E-state index is 0.0932. The molecule has 1 unspecified atom stereocenters. The number of nitrogen functional groups attached to an aromatic ring is 1. The van der Waals surface area contributed by atoms with Gasteiger partial charge in [-0.2, -0.15) is 0 Å². The summed E-state index contributed by atoms with van der Waals surface area (Å²) in [4.78, 5) is 27.2. The van der Waals surface area contributed by atoms with Crippen molar-refractivity contribution in [3.63, 3.8) is 0 Å². The van der Waals surface area contributed by atoms with Crippen molar-refractivity contribution in [2.45, 2.75) is 39.2 Å². The highest BCUT2D eigenvalue weighted by molar-refractivity contribution is 5.91. The molecule has 0 spiro atoms. The molecule has 1 atom stereocenters. The van der Waals surface area contributed by atoms with Gasteiger partial charge >= 0.3 is 0 Å². The maximum Gasteiger partial charge on any atom is 0.267 e. The van der Waals surface area contributed by atoms with Crippen LogP contribution >= 0.6 is 0 Å². The Kier molecular flexibility index (Phi) is 5.35. The number of amides is 1. The van der Waals surface area contributed by atoms with Crippen LogP contribution in [0.3, 0.4) is 0 Å². The fourth-order valence-electron chi connectivity index (χ4n) is 3.82. The fourth-order valence-corrected chi connectivity index (χ4v) is 3.82. The summed E-state index contributed by atoms with van der Waals surface area (Å²) < 4.78 is 0. The van der Waals surface area contributed by atoms with Crippen LogP contribution in [0.4, 0.5) is 5.82 Å². The SMILES string of the molecule is CN1CCC(O)(C#Cc2cccc(-c3ncc4c(CC(C)(C)C)cnc(N)c4n3)c2)C1=O. The lowest BCUT2D eigenvalue weighted by atomic mass is 9.87. The zero-order valence-electron chi connectivity index (χ0n) is 18.8. The van der Waals surface area contributed by atoms with Gasteiger partial charge < -0.3 is 15.7 Å². The monoisotopic (exact) mass is 429 g/mol. The molecule has 0 bridgehead atoms. The predicted octanol–water partition coefficient (Wildman–Crippen LogP) is 2.81. The zero-order valence-corrected chi connectivity index (χ0v) is 18.8. The van der Waals surface area contributed by atoms with E-state index in [2.05, 4.69) is 42.6 Å². The predicted molar refractivity (Wildman–Crippen MR) is 124 cm³/mol. The Morgan fingerprint density at radius 3 is 2.72 bits per heavy atom. The highest BCUT2D eigenvalue weighted by Gasteiger charge is 2.42. The molecule has 1 fully saturated rings. The average molecular weight is 430 g/mol. The van der Waals surface area contributed by atoms with Crippen molar-refractivity contribution in [1.82, 2.24) is 19.9 Å². The van der Waals surface area contributed by atoms with Crippen molar-refractivity contribution in [1.29, 1.82) is 0 Å². The van der Waals surface area contributed by atoms with Gasteiger partial charge in [0.1, 0.15) is 11.3 Å². The van der Waals surface area contributed by atoms with Gasteiger partial charge in [0.2, 0.25) is 5.60 Å². The molecule has 3 aromatic rings. The molecule has 0 saturated carbocycles. The first-order valence-corrected chi connectivity index (χ1v) is 10.6. The Morgan fingerprint density at radius 2 is 2.03 bits per heavy atom. The Bertz CT molecular complexity index is 1270. The summed E-state index contributed by atoms with van der Waals surface area (Å²) in [6.45, 7) is 7.00. The highest BCUT2D eigenvalue weighted by Crippen LogP contribution is 2.29. The standard InChI is InChI=1S/C25H27N5O2/c1-24(2,3)13-18-14-27-21(26)20-19(18)15-28-22(29-20)17-7-5-6-16(12-17)8-9-25(32)10-11-30(4)23(25)31/h5-7,12,14-15,32H,10-11,13H2,1-4H3,(H2,26,27). The molecule has 1 aliphatic heterocycles. The van der Waals surface area contributed by atoms with Crippen LogP contribution in [0.15, 0.2) is 36.7 Å². The molecule has 3 heterocycles. The van der Waals surface area contributed by atoms with Gasteiger partial charge in [0, 0.05) is 48.9 Å². The van der Waals surface area contributed by atoms with Crippen molar-refractivity contribution < 1.29 is 9.90 Å². The summed E-state index contributed by atoms with van der Waals surface area (Å²) in [5.74, 6) is 6.18. The molecule has 0 aliphatic carbocycles. The highest BCUT2D eigenvalue weighted by atomic mass is 16.3. The van der Waals surface area contributed by atoms with E-state index in [0.717, 1.165) is 22.9 Å². The number of nitrogens with zero attached hydrogens (tertiary/aromatic N) is 4. The van der Waals surface area contributed by atoms with Crippen LogP contribution in [0.25, 0.3) is 22.3 Å². The minimum atomic E-state index is -1.63. The van der Waals surface area contributed by atoms with E-state index in [0.29, 0.717) is 35.7 Å². The van der Waals surface area contributed by atoms with Crippen LogP contribution in [0, 0.1) is 17.3 Å². The second kappa shape index (κ2) is 7.88. The number of carbonyl (C=O) groups is 1. The number of hydrogen-bond acceptors (Lipinski definition) is 6. The smallest absolute Gasteiger partial charge is 0.267 e. The number of aliphatic hydroxyl groups is 1. The molecular weight excluding hydrogens is 402 g/mol. The van der Waals surface area contributed by atoms with E-state index in [9.17, 15) is 9.90 Å². The number of anilines is 1. The van der Waals surface area contributed by atoms with Crippen molar-refractivity contribution >= 4 is 22.6 Å². The fraction of sp³-hybridized carbons (Fsp3) is 0.360. The van der Waals surface area contributed by atoms with Crippen LogP contribution in [-0.2, 0) is 11.2 Å². The number of fused-ring (bicyclic) bond motifs is 1. The number of hydrogen-bond donors (Lipinski definition) is 2. The van der Waals surface area contributed by atoms with E-state index in [-0.39, 0.29) is 11.3 Å². The van der Waals surface area contributed by atoms with Crippen LogP contribution in [0.5, 0.6) is 0 Å². The third-order valence-corrected chi connectivity index (χ3v) is 5.50. The number of pyridine rings is 1. The lowest BCUT2D eigenvalue weighted by Gasteiger charge is -2.19.